The zero-order chi connectivity index (χ0) is 10.7. The Labute approximate surface area is 78.3 Å². The molecule has 0 unspecified atom stereocenters. The third-order valence-corrected chi connectivity index (χ3v) is 1.55. The van der Waals surface area contributed by atoms with Gasteiger partial charge in [0.25, 0.3) is 0 Å². The van der Waals surface area contributed by atoms with Gasteiger partial charge >= 0.3 is 5.97 Å². The highest BCUT2D eigenvalue weighted by atomic mass is 16.6. The molecule has 3 N–H and O–H groups in total. The van der Waals surface area contributed by atoms with Crippen molar-refractivity contribution in [2.24, 2.45) is 0 Å². The van der Waals surface area contributed by atoms with E-state index in [2.05, 4.69) is 4.98 Å². The van der Waals surface area contributed by atoms with Crippen LogP contribution in [-0.2, 0) is 6.54 Å². The summed E-state index contributed by atoms with van der Waals surface area (Å²) in [6.45, 7) is -0.528. The van der Waals surface area contributed by atoms with Crippen LogP contribution in [0.1, 0.15) is 15.9 Å². The number of aromatic carboxylic acids is 1. The Kier molecular flexibility index (Phi) is 2.61. The summed E-state index contributed by atoms with van der Waals surface area (Å²) < 4.78 is 0. The number of anilines is 1. The van der Waals surface area contributed by atoms with E-state index in [1.54, 1.807) is 0 Å². The Morgan fingerprint density at radius 1 is 1.71 bits per heavy atom. The Morgan fingerprint density at radius 3 is 2.86 bits per heavy atom. The molecule has 7 nitrogen and oxygen atoms in total. The van der Waals surface area contributed by atoms with Gasteiger partial charge in [-0.1, -0.05) is 0 Å². The maximum atomic E-state index is 10.5. The number of carboxylic acid groups (broad SMARTS) is 1. The molecule has 0 amide bonds. The van der Waals surface area contributed by atoms with Crippen LogP contribution in [-0.4, -0.2) is 21.0 Å². The number of nitrogens with zero attached hydrogens (tertiary/aromatic N) is 2. The van der Waals surface area contributed by atoms with Gasteiger partial charge < -0.3 is 10.8 Å². The average molecular weight is 197 g/mol. The van der Waals surface area contributed by atoms with E-state index in [0.717, 1.165) is 12.3 Å². The molecule has 1 aromatic heterocycles. The van der Waals surface area contributed by atoms with Crippen molar-refractivity contribution < 1.29 is 14.8 Å². The number of pyridine rings is 1. The van der Waals surface area contributed by atoms with Gasteiger partial charge in [-0.25, -0.2) is 9.78 Å². The van der Waals surface area contributed by atoms with Crippen LogP contribution < -0.4 is 5.73 Å². The van der Waals surface area contributed by atoms with Gasteiger partial charge in [0, 0.05) is 11.1 Å². The number of nitro groups is 1. The Hall–Kier alpha value is -2.18. The number of nitrogens with two attached hydrogens (primary N) is 1. The van der Waals surface area contributed by atoms with E-state index < -0.39 is 17.4 Å². The van der Waals surface area contributed by atoms with Gasteiger partial charge in [-0.3, -0.25) is 10.1 Å². The predicted octanol–water partition coefficient (Wildman–Crippen LogP) is 0.139. The van der Waals surface area contributed by atoms with Gasteiger partial charge in [-0.05, 0) is 6.07 Å². The highest BCUT2D eigenvalue weighted by Gasteiger charge is 2.11. The summed E-state index contributed by atoms with van der Waals surface area (Å²) >= 11 is 0. The molecule has 74 valence electrons. The van der Waals surface area contributed by atoms with E-state index in [4.69, 9.17) is 10.8 Å². The molecule has 0 aromatic carbocycles. The van der Waals surface area contributed by atoms with Crippen LogP contribution in [0.15, 0.2) is 12.3 Å². The molecule has 0 saturated carbocycles. The molecular formula is C7H7N3O4. The van der Waals surface area contributed by atoms with Crippen LogP contribution in [0.25, 0.3) is 0 Å². The summed E-state index contributed by atoms with van der Waals surface area (Å²) in [6.07, 6.45) is 1.06. The molecule has 1 heterocycles. The summed E-state index contributed by atoms with van der Waals surface area (Å²) in [5.74, 6) is -1.21. The summed E-state index contributed by atoms with van der Waals surface area (Å²) in [4.78, 5) is 23.6. The first-order valence-electron chi connectivity index (χ1n) is 3.60. The third-order valence-electron chi connectivity index (χ3n) is 1.55. The zero-order valence-corrected chi connectivity index (χ0v) is 7.01. The van der Waals surface area contributed by atoms with Crippen molar-refractivity contribution >= 4 is 11.8 Å². The fourth-order valence-corrected chi connectivity index (χ4v) is 0.904. The van der Waals surface area contributed by atoms with Crippen LogP contribution in [0.2, 0.25) is 0 Å². The molecule has 0 spiro atoms. The van der Waals surface area contributed by atoms with Crippen molar-refractivity contribution in [1.29, 1.82) is 0 Å². The molecule has 7 heteroatoms. The molecule has 1 aromatic rings. The Balaban J connectivity index is 3.08. The van der Waals surface area contributed by atoms with Gasteiger partial charge in [-0.2, -0.15) is 0 Å². The number of carbonyl (C=O) groups is 1. The zero-order valence-electron chi connectivity index (χ0n) is 7.01. The van der Waals surface area contributed by atoms with Crippen LogP contribution in [0.5, 0.6) is 0 Å². The van der Waals surface area contributed by atoms with Crippen LogP contribution in [0, 0.1) is 10.1 Å². The maximum Gasteiger partial charge on any atom is 0.337 e. The molecular weight excluding hydrogens is 190 g/mol. The Morgan fingerprint density at radius 2 is 2.36 bits per heavy atom. The fourth-order valence-electron chi connectivity index (χ4n) is 0.904. The SMILES string of the molecule is Nc1ncc(C(=O)O)cc1C[N+](=O)[O-]. The van der Waals surface area contributed by atoms with Crippen molar-refractivity contribution in [3.8, 4) is 0 Å². The first-order valence-corrected chi connectivity index (χ1v) is 3.60. The van der Waals surface area contributed by atoms with Gasteiger partial charge in [-0.15, -0.1) is 0 Å². The highest BCUT2D eigenvalue weighted by Crippen LogP contribution is 2.11. The van der Waals surface area contributed by atoms with Crippen molar-refractivity contribution in [1.82, 2.24) is 4.98 Å². The lowest BCUT2D eigenvalue weighted by Gasteiger charge is -2.00. The number of rotatable bonds is 3. The van der Waals surface area contributed by atoms with Crippen molar-refractivity contribution in [2.75, 3.05) is 5.73 Å². The van der Waals surface area contributed by atoms with Gasteiger partial charge in [0.2, 0.25) is 6.54 Å². The summed E-state index contributed by atoms with van der Waals surface area (Å²) in [5.41, 5.74) is 5.32. The van der Waals surface area contributed by atoms with Crippen LogP contribution in [0.4, 0.5) is 5.82 Å². The molecule has 1 rings (SSSR count). The van der Waals surface area contributed by atoms with Crippen molar-refractivity contribution in [3.63, 3.8) is 0 Å². The molecule has 14 heavy (non-hydrogen) atoms. The monoisotopic (exact) mass is 197 g/mol. The molecule has 0 saturated heterocycles. The Bertz CT molecular complexity index is 391. The van der Waals surface area contributed by atoms with Gasteiger partial charge in [0.05, 0.1) is 11.1 Å². The molecule has 0 aliphatic carbocycles. The van der Waals surface area contributed by atoms with Gasteiger partial charge in [0.1, 0.15) is 5.82 Å². The van der Waals surface area contributed by atoms with Crippen molar-refractivity contribution in [3.05, 3.63) is 33.5 Å². The van der Waals surface area contributed by atoms with Gasteiger partial charge in [0.15, 0.2) is 0 Å². The molecule has 0 fully saturated rings. The maximum absolute atomic E-state index is 10.5. The fraction of sp³-hybridized carbons (Fsp3) is 0.143. The first kappa shape index (κ1) is 9.90. The summed E-state index contributed by atoms with van der Waals surface area (Å²) in [7, 11) is 0. The molecule has 0 atom stereocenters. The van der Waals surface area contributed by atoms with E-state index >= 15 is 0 Å². The highest BCUT2D eigenvalue weighted by molar-refractivity contribution is 5.87. The number of aromatic nitrogens is 1. The molecule has 0 radical (unpaired) electrons. The minimum Gasteiger partial charge on any atom is -0.478 e. The lowest BCUT2D eigenvalue weighted by atomic mass is 10.2. The van der Waals surface area contributed by atoms with E-state index in [9.17, 15) is 14.9 Å². The predicted molar refractivity (Wildman–Crippen MR) is 46.3 cm³/mol. The quantitative estimate of drug-likeness (QED) is 0.525. The largest absolute Gasteiger partial charge is 0.478 e. The first-order chi connectivity index (χ1) is 6.50. The topological polar surface area (TPSA) is 119 Å². The third kappa shape index (κ3) is 2.16. The summed E-state index contributed by atoms with van der Waals surface area (Å²) in [6, 6.07) is 1.15. The normalized spacial score (nSPS) is 9.71. The number of hydrogen-bond acceptors (Lipinski definition) is 5. The minimum atomic E-state index is -1.19. The van der Waals surface area contributed by atoms with Crippen LogP contribution >= 0.6 is 0 Å². The standard InChI is InChI=1S/C7H7N3O4/c8-6-5(3-10(13)14)1-4(2-9-6)7(11)12/h1-2H,3H2,(H2,8,9)(H,11,12). The van der Waals surface area contributed by atoms with Crippen LogP contribution in [0.3, 0.4) is 0 Å². The second kappa shape index (κ2) is 3.69. The average Bonchev–Trinajstić information content (AvgIpc) is 2.07. The molecule has 0 bridgehead atoms. The van der Waals surface area contributed by atoms with E-state index in [-0.39, 0.29) is 16.9 Å². The number of nitrogen functional groups attached to an aromatic ring is 1. The number of hydrogen-bond donors (Lipinski definition) is 2. The number of carboxylic acids is 1. The summed E-state index contributed by atoms with van der Waals surface area (Å²) in [5, 5.41) is 18.8. The molecule has 0 aliphatic rings. The van der Waals surface area contributed by atoms with E-state index in [1.807, 2.05) is 0 Å². The second-order valence-corrected chi connectivity index (χ2v) is 2.56. The lowest BCUT2D eigenvalue weighted by molar-refractivity contribution is -0.496. The lowest BCUT2D eigenvalue weighted by Crippen LogP contribution is -2.07. The van der Waals surface area contributed by atoms with E-state index in [1.165, 1.54) is 0 Å². The van der Waals surface area contributed by atoms with Crippen molar-refractivity contribution in [2.45, 2.75) is 6.54 Å². The smallest absolute Gasteiger partial charge is 0.337 e. The van der Waals surface area contributed by atoms with E-state index in [0.29, 0.717) is 0 Å². The minimum absolute atomic E-state index is 0.0216. The molecule has 0 aliphatic heterocycles. The second-order valence-electron chi connectivity index (χ2n) is 2.56.